The summed E-state index contributed by atoms with van der Waals surface area (Å²) in [7, 11) is 1.57. The largest absolute Gasteiger partial charge is 0.416 e. The number of benzene rings is 1. The van der Waals surface area contributed by atoms with Crippen LogP contribution in [0.25, 0.3) is 0 Å². The second kappa shape index (κ2) is 8.18. The molecule has 0 spiro atoms. The van der Waals surface area contributed by atoms with Crippen molar-refractivity contribution in [1.82, 2.24) is 5.32 Å². The van der Waals surface area contributed by atoms with E-state index in [1.54, 1.807) is 7.11 Å². The molecule has 0 saturated heterocycles. The Balaban J connectivity index is 2.60. The number of hydrogen-bond donors (Lipinski definition) is 2. The Morgan fingerprint density at radius 2 is 1.86 bits per heavy atom. The van der Waals surface area contributed by atoms with E-state index in [-0.39, 0.29) is 6.61 Å². The van der Waals surface area contributed by atoms with Crippen LogP contribution in [-0.4, -0.2) is 37.5 Å². The molecule has 0 aliphatic rings. The summed E-state index contributed by atoms with van der Waals surface area (Å²) in [4.78, 5) is 0. The van der Waals surface area contributed by atoms with Crippen LogP contribution in [0.4, 0.5) is 13.2 Å². The number of methoxy groups -OCH3 is 1. The van der Waals surface area contributed by atoms with Crippen molar-refractivity contribution in [2.75, 3.05) is 26.9 Å². The van der Waals surface area contributed by atoms with E-state index in [2.05, 4.69) is 17.2 Å². The van der Waals surface area contributed by atoms with E-state index in [1.165, 1.54) is 12.1 Å². The zero-order valence-corrected chi connectivity index (χ0v) is 12.6. The Labute approximate surface area is 128 Å². The molecule has 22 heavy (non-hydrogen) atoms. The second-order valence-electron chi connectivity index (χ2n) is 5.20. The van der Waals surface area contributed by atoms with Gasteiger partial charge in [-0.05, 0) is 37.6 Å². The van der Waals surface area contributed by atoms with Crippen LogP contribution in [0.3, 0.4) is 0 Å². The highest BCUT2D eigenvalue weighted by Gasteiger charge is 2.29. The molecule has 1 aromatic rings. The third-order valence-electron chi connectivity index (χ3n) is 3.17. The third-order valence-corrected chi connectivity index (χ3v) is 3.17. The molecule has 1 unspecified atom stereocenters. The summed E-state index contributed by atoms with van der Waals surface area (Å²) >= 11 is 0. The van der Waals surface area contributed by atoms with Gasteiger partial charge in [-0.2, -0.15) is 13.2 Å². The predicted octanol–water partition coefficient (Wildman–Crippen LogP) is 2.43. The van der Waals surface area contributed by atoms with Crippen molar-refractivity contribution in [3.63, 3.8) is 0 Å². The van der Waals surface area contributed by atoms with Crippen molar-refractivity contribution < 1.29 is 23.0 Å². The molecule has 2 N–H and O–H groups in total. The maximum Gasteiger partial charge on any atom is 0.416 e. The second-order valence-corrected chi connectivity index (χ2v) is 5.20. The van der Waals surface area contributed by atoms with E-state index < -0.39 is 17.3 Å². The van der Waals surface area contributed by atoms with Crippen LogP contribution >= 0.6 is 0 Å². The zero-order chi connectivity index (χ0) is 16.6. The third kappa shape index (κ3) is 6.06. The van der Waals surface area contributed by atoms with Gasteiger partial charge in [0.05, 0.1) is 18.7 Å². The van der Waals surface area contributed by atoms with Gasteiger partial charge in [0.25, 0.3) is 0 Å². The normalized spacial score (nSPS) is 14.1. The molecular formula is C16H20F3NO2. The molecule has 0 saturated carbocycles. The van der Waals surface area contributed by atoms with Gasteiger partial charge in [0, 0.05) is 24.8 Å². The zero-order valence-electron chi connectivity index (χ0n) is 12.6. The summed E-state index contributed by atoms with van der Waals surface area (Å²) in [5.41, 5.74) is -0.560. The molecule has 0 radical (unpaired) electrons. The number of ether oxygens (including phenoxy) is 1. The lowest BCUT2D eigenvalue weighted by Crippen LogP contribution is -2.47. The lowest BCUT2D eigenvalue weighted by molar-refractivity contribution is -0.137. The van der Waals surface area contributed by atoms with Gasteiger partial charge in [0.2, 0.25) is 0 Å². The molecule has 0 amide bonds. The fourth-order valence-electron chi connectivity index (χ4n) is 1.92. The minimum Gasteiger partial charge on any atom is -0.396 e. The summed E-state index contributed by atoms with van der Waals surface area (Å²) in [6.45, 7) is 2.71. The van der Waals surface area contributed by atoms with Gasteiger partial charge < -0.3 is 9.84 Å². The van der Waals surface area contributed by atoms with E-state index in [0.717, 1.165) is 12.1 Å². The maximum absolute atomic E-state index is 12.4. The van der Waals surface area contributed by atoms with Crippen molar-refractivity contribution >= 4 is 0 Å². The van der Waals surface area contributed by atoms with Gasteiger partial charge in [0.1, 0.15) is 0 Å². The van der Waals surface area contributed by atoms with E-state index in [1.807, 2.05) is 6.92 Å². The first-order chi connectivity index (χ1) is 10.3. The van der Waals surface area contributed by atoms with Crippen molar-refractivity contribution in [2.45, 2.75) is 25.1 Å². The average molecular weight is 315 g/mol. The van der Waals surface area contributed by atoms with E-state index in [4.69, 9.17) is 9.84 Å². The number of halogens is 3. The SMILES string of the molecule is COCC(C)(CCO)NCC#Cc1ccc(C(F)(F)F)cc1. The van der Waals surface area contributed by atoms with Crippen LogP contribution in [0, 0.1) is 11.8 Å². The number of rotatable bonds is 6. The van der Waals surface area contributed by atoms with Gasteiger partial charge in [-0.1, -0.05) is 11.8 Å². The van der Waals surface area contributed by atoms with Crippen molar-refractivity contribution in [3.8, 4) is 11.8 Å². The summed E-state index contributed by atoms with van der Waals surface area (Å²) in [5, 5.41) is 12.2. The Morgan fingerprint density at radius 1 is 1.23 bits per heavy atom. The molecule has 0 heterocycles. The van der Waals surface area contributed by atoms with Gasteiger partial charge in [-0.25, -0.2) is 0 Å². The highest BCUT2D eigenvalue weighted by molar-refractivity contribution is 5.37. The van der Waals surface area contributed by atoms with Crippen molar-refractivity contribution in [2.24, 2.45) is 0 Å². The molecule has 6 heteroatoms. The van der Waals surface area contributed by atoms with Gasteiger partial charge >= 0.3 is 6.18 Å². The maximum atomic E-state index is 12.4. The van der Waals surface area contributed by atoms with Crippen LogP contribution in [0.15, 0.2) is 24.3 Å². The van der Waals surface area contributed by atoms with E-state index in [0.29, 0.717) is 25.1 Å². The molecule has 1 aromatic carbocycles. The topological polar surface area (TPSA) is 41.5 Å². The molecule has 1 atom stereocenters. The summed E-state index contributed by atoms with van der Waals surface area (Å²) < 4.78 is 42.4. The van der Waals surface area contributed by atoms with E-state index in [9.17, 15) is 13.2 Å². The number of alkyl halides is 3. The lowest BCUT2D eigenvalue weighted by atomic mass is 9.99. The molecule has 0 bridgehead atoms. The van der Waals surface area contributed by atoms with Crippen molar-refractivity contribution in [3.05, 3.63) is 35.4 Å². The highest BCUT2D eigenvalue weighted by Crippen LogP contribution is 2.28. The van der Waals surface area contributed by atoms with Crippen LogP contribution in [-0.2, 0) is 10.9 Å². The lowest BCUT2D eigenvalue weighted by Gasteiger charge is -2.28. The monoisotopic (exact) mass is 315 g/mol. The fourth-order valence-corrected chi connectivity index (χ4v) is 1.92. The summed E-state index contributed by atoms with van der Waals surface area (Å²) in [5.74, 6) is 5.65. The standard InChI is InChI=1S/C16H20F3NO2/c1-15(9-11-21,12-22-2)20-10-3-4-13-5-7-14(8-6-13)16(17,18)19/h5-8,20-21H,9-12H2,1-2H3. The number of hydrogen-bond acceptors (Lipinski definition) is 3. The summed E-state index contributed by atoms with van der Waals surface area (Å²) in [6.07, 6.45) is -3.82. The number of nitrogens with one attached hydrogen (secondary N) is 1. The Hall–Kier alpha value is -1.55. The molecule has 3 nitrogen and oxygen atoms in total. The van der Waals surface area contributed by atoms with Crippen LogP contribution in [0.2, 0.25) is 0 Å². The Kier molecular flexibility index (Phi) is 6.88. The van der Waals surface area contributed by atoms with Gasteiger partial charge in [-0.15, -0.1) is 0 Å². The Morgan fingerprint density at radius 3 is 2.36 bits per heavy atom. The first kappa shape index (κ1) is 18.5. The quantitative estimate of drug-likeness (QED) is 0.792. The molecule has 0 aliphatic carbocycles. The predicted molar refractivity (Wildman–Crippen MR) is 78.3 cm³/mol. The molecule has 0 aliphatic heterocycles. The van der Waals surface area contributed by atoms with E-state index >= 15 is 0 Å². The number of aliphatic hydroxyl groups is 1. The van der Waals surface area contributed by atoms with Gasteiger partial charge in [-0.3, -0.25) is 5.32 Å². The molecule has 122 valence electrons. The summed E-state index contributed by atoms with van der Waals surface area (Å²) in [6, 6.07) is 4.71. The molecule has 0 aromatic heterocycles. The first-order valence-corrected chi connectivity index (χ1v) is 6.82. The minimum atomic E-state index is -4.33. The van der Waals surface area contributed by atoms with Crippen molar-refractivity contribution in [1.29, 1.82) is 0 Å². The van der Waals surface area contributed by atoms with Crippen LogP contribution < -0.4 is 5.32 Å². The molecular weight excluding hydrogens is 295 g/mol. The Bertz CT molecular complexity index is 509. The van der Waals surface area contributed by atoms with Crippen LogP contribution in [0.5, 0.6) is 0 Å². The van der Waals surface area contributed by atoms with Gasteiger partial charge in [0.15, 0.2) is 0 Å². The number of aliphatic hydroxyl groups excluding tert-OH is 1. The first-order valence-electron chi connectivity index (χ1n) is 6.82. The molecule has 1 rings (SSSR count). The van der Waals surface area contributed by atoms with Crippen LogP contribution in [0.1, 0.15) is 24.5 Å². The smallest absolute Gasteiger partial charge is 0.396 e. The molecule has 0 fully saturated rings. The fraction of sp³-hybridized carbons (Fsp3) is 0.500. The highest BCUT2D eigenvalue weighted by atomic mass is 19.4. The average Bonchev–Trinajstić information content (AvgIpc) is 2.44. The minimum absolute atomic E-state index is 0.0270.